The number of benzene rings is 1. The van der Waals surface area contributed by atoms with Gasteiger partial charge in [0.15, 0.2) is 6.61 Å². The van der Waals surface area contributed by atoms with E-state index in [0.29, 0.717) is 11.4 Å². The van der Waals surface area contributed by atoms with Crippen molar-refractivity contribution < 1.29 is 33.1 Å². The number of nitrogens with zero attached hydrogens (tertiary/aromatic N) is 1. The van der Waals surface area contributed by atoms with Gasteiger partial charge in [-0.1, -0.05) is 6.07 Å². The Balaban J connectivity index is 1.51. The molecule has 1 N–H and O–H groups in total. The molecule has 1 fully saturated rings. The van der Waals surface area contributed by atoms with Crippen molar-refractivity contribution in [1.82, 2.24) is 4.90 Å². The maximum Gasteiger partial charge on any atom is 0.337 e. The van der Waals surface area contributed by atoms with Crippen molar-refractivity contribution in [2.45, 2.75) is 19.9 Å². The van der Waals surface area contributed by atoms with Gasteiger partial charge < -0.3 is 24.1 Å². The van der Waals surface area contributed by atoms with Crippen molar-refractivity contribution in [3.05, 3.63) is 53.5 Å². The first kappa shape index (κ1) is 21.1. The van der Waals surface area contributed by atoms with E-state index in [-0.39, 0.29) is 31.0 Å². The molecule has 3 rings (SSSR count). The summed E-state index contributed by atoms with van der Waals surface area (Å²) in [6.45, 7) is 1.76. The number of carbonyl (C=O) groups is 4. The number of carbonyl (C=O) groups excluding carboxylic acids is 4. The van der Waals surface area contributed by atoms with Crippen LogP contribution < -0.4 is 5.32 Å². The molecule has 9 nitrogen and oxygen atoms in total. The molecule has 1 atom stereocenters. The average molecular weight is 414 g/mol. The minimum absolute atomic E-state index is 0.0292. The lowest BCUT2D eigenvalue weighted by molar-refractivity contribution is -0.151. The number of esters is 2. The molecule has 158 valence electrons. The molecular weight excluding hydrogens is 392 g/mol. The molecule has 0 radical (unpaired) electrons. The second-order valence-electron chi connectivity index (χ2n) is 6.93. The van der Waals surface area contributed by atoms with E-state index >= 15 is 0 Å². The summed E-state index contributed by atoms with van der Waals surface area (Å²) in [5, 5.41) is 2.61. The van der Waals surface area contributed by atoms with Gasteiger partial charge in [-0.05, 0) is 36.8 Å². The number of amides is 2. The smallest absolute Gasteiger partial charge is 0.337 e. The van der Waals surface area contributed by atoms with Crippen molar-refractivity contribution in [1.29, 1.82) is 0 Å². The van der Waals surface area contributed by atoms with Gasteiger partial charge in [0.25, 0.3) is 5.91 Å². The molecule has 0 saturated carbocycles. The number of nitrogens with one attached hydrogen (secondary N) is 1. The molecule has 2 heterocycles. The highest BCUT2D eigenvalue weighted by atomic mass is 16.5. The Hall–Kier alpha value is -3.62. The van der Waals surface area contributed by atoms with Gasteiger partial charge in [-0.2, -0.15) is 0 Å². The fraction of sp³-hybridized carbons (Fsp3) is 0.333. The van der Waals surface area contributed by atoms with E-state index in [1.165, 1.54) is 24.3 Å². The van der Waals surface area contributed by atoms with Gasteiger partial charge in [0, 0.05) is 18.7 Å². The highest BCUT2D eigenvalue weighted by Gasteiger charge is 2.35. The minimum Gasteiger partial charge on any atom is -0.467 e. The van der Waals surface area contributed by atoms with Crippen LogP contribution in [-0.2, 0) is 30.4 Å². The topological polar surface area (TPSA) is 115 Å². The van der Waals surface area contributed by atoms with Gasteiger partial charge >= 0.3 is 11.9 Å². The number of hydrogen-bond acceptors (Lipinski definition) is 7. The van der Waals surface area contributed by atoms with E-state index in [1.807, 2.05) is 0 Å². The predicted molar refractivity (Wildman–Crippen MR) is 104 cm³/mol. The van der Waals surface area contributed by atoms with Crippen molar-refractivity contribution in [3.8, 4) is 0 Å². The standard InChI is InChI=1S/C21H22N2O7/c1-13-5-6-14(20(26)28-2)8-17(13)22-18(24)12-30-21(27)15-9-19(25)23(10-15)11-16-4-3-7-29-16/h3-8,15H,9-12H2,1-2H3,(H,22,24)/t15-/m0/s1. The number of furan rings is 1. The first-order chi connectivity index (χ1) is 14.4. The van der Waals surface area contributed by atoms with Gasteiger partial charge in [0.1, 0.15) is 5.76 Å². The first-order valence-corrected chi connectivity index (χ1v) is 9.33. The Morgan fingerprint density at radius 3 is 2.77 bits per heavy atom. The summed E-state index contributed by atoms with van der Waals surface area (Å²) in [6.07, 6.45) is 1.55. The molecule has 0 unspecified atom stereocenters. The zero-order chi connectivity index (χ0) is 21.7. The number of anilines is 1. The van der Waals surface area contributed by atoms with Gasteiger partial charge in [-0.3, -0.25) is 14.4 Å². The van der Waals surface area contributed by atoms with E-state index in [9.17, 15) is 19.2 Å². The van der Waals surface area contributed by atoms with Crippen LogP contribution in [0.25, 0.3) is 0 Å². The molecule has 0 spiro atoms. The second kappa shape index (κ2) is 9.25. The highest BCUT2D eigenvalue weighted by molar-refractivity contribution is 5.96. The van der Waals surface area contributed by atoms with Gasteiger partial charge in [0.05, 0.1) is 31.4 Å². The van der Waals surface area contributed by atoms with Crippen LogP contribution in [0.1, 0.15) is 28.1 Å². The van der Waals surface area contributed by atoms with Gasteiger partial charge in [0.2, 0.25) is 5.91 Å². The fourth-order valence-corrected chi connectivity index (χ4v) is 3.12. The fourth-order valence-electron chi connectivity index (χ4n) is 3.12. The van der Waals surface area contributed by atoms with E-state index in [4.69, 9.17) is 9.15 Å². The summed E-state index contributed by atoms with van der Waals surface area (Å²) in [5.74, 6) is -1.87. The lowest BCUT2D eigenvalue weighted by Crippen LogP contribution is -2.28. The predicted octanol–water partition coefficient (Wildman–Crippen LogP) is 1.91. The third-order valence-corrected chi connectivity index (χ3v) is 4.75. The summed E-state index contributed by atoms with van der Waals surface area (Å²) in [5.41, 5.74) is 1.44. The van der Waals surface area contributed by atoms with E-state index in [0.717, 1.165) is 5.56 Å². The van der Waals surface area contributed by atoms with Crippen LogP contribution in [0.3, 0.4) is 0 Å². The normalized spacial score (nSPS) is 15.7. The van der Waals surface area contributed by atoms with Crippen LogP contribution in [0.2, 0.25) is 0 Å². The van der Waals surface area contributed by atoms with Crippen LogP contribution in [0.4, 0.5) is 5.69 Å². The number of likely N-dealkylation sites (tertiary alicyclic amines) is 1. The van der Waals surface area contributed by atoms with Crippen molar-refractivity contribution in [3.63, 3.8) is 0 Å². The van der Waals surface area contributed by atoms with Gasteiger partial charge in [-0.25, -0.2) is 4.79 Å². The number of aryl methyl sites for hydroxylation is 1. The summed E-state index contributed by atoms with van der Waals surface area (Å²) in [7, 11) is 1.27. The lowest BCUT2D eigenvalue weighted by atomic mass is 10.1. The number of methoxy groups -OCH3 is 1. The number of hydrogen-bond donors (Lipinski definition) is 1. The van der Waals surface area contributed by atoms with E-state index in [1.54, 1.807) is 31.2 Å². The summed E-state index contributed by atoms with van der Waals surface area (Å²) in [4.78, 5) is 49.7. The van der Waals surface area contributed by atoms with Crippen molar-refractivity contribution in [2.75, 3.05) is 25.6 Å². The van der Waals surface area contributed by atoms with Gasteiger partial charge in [-0.15, -0.1) is 0 Å². The molecule has 0 aliphatic carbocycles. The molecule has 1 aromatic heterocycles. The van der Waals surface area contributed by atoms with E-state index < -0.39 is 30.4 Å². The van der Waals surface area contributed by atoms with E-state index in [2.05, 4.69) is 10.1 Å². The third kappa shape index (κ3) is 5.05. The average Bonchev–Trinajstić information content (AvgIpc) is 3.37. The minimum atomic E-state index is -0.635. The first-order valence-electron chi connectivity index (χ1n) is 9.33. The van der Waals surface area contributed by atoms with Crippen molar-refractivity contribution >= 4 is 29.4 Å². The molecule has 0 bridgehead atoms. The molecular formula is C21H22N2O7. The summed E-state index contributed by atoms with van der Waals surface area (Å²) in [6, 6.07) is 8.22. The summed E-state index contributed by atoms with van der Waals surface area (Å²) >= 11 is 0. The molecule has 1 aliphatic rings. The molecule has 1 saturated heterocycles. The van der Waals surface area contributed by atoms with Crippen LogP contribution in [0.15, 0.2) is 41.0 Å². The second-order valence-corrected chi connectivity index (χ2v) is 6.93. The molecule has 30 heavy (non-hydrogen) atoms. The monoisotopic (exact) mass is 414 g/mol. The van der Waals surface area contributed by atoms with Crippen LogP contribution in [0.5, 0.6) is 0 Å². The Bertz CT molecular complexity index is 952. The SMILES string of the molecule is COC(=O)c1ccc(C)c(NC(=O)COC(=O)[C@H]2CC(=O)N(Cc3ccco3)C2)c1. The van der Waals surface area contributed by atoms with Crippen molar-refractivity contribution in [2.24, 2.45) is 5.92 Å². The quantitative estimate of drug-likeness (QED) is 0.688. The zero-order valence-corrected chi connectivity index (χ0v) is 16.7. The van der Waals surface area contributed by atoms with Crippen LogP contribution in [0, 0.1) is 12.8 Å². The third-order valence-electron chi connectivity index (χ3n) is 4.75. The van der Waals surface area contributed by atoms with Crippen LogP contribution in [-0.4, -0.2) is 48.9 Å². The Morgan fingerprint density at radius 2 is 2.07 bits per heavy atom. The largest absolute Gasteiger partial charge is 0.467 e. The van der Waals surface area contributed by atoms with Crippen LogP contribution >= 0.6 is 0 Å². The molecule has 2 aromatic rings. The summed E-state index contributed by atoms with van der Waals surface area (Å²) < 4.78 is 15.0. The molecule has 2 amide bonds. The Labute approximate surface area is 172 Å². The maximum atomic E-state index is 12.3. The molecule has 9 heteroatoms. The molecule has 1 aromatic carbocycles. The maximum absolute atomic E-state index is 12.3. The highest BCUT2D eigenvalue weighted by Crippen LogP contribution is 2.22. The number of ether oxygens (including phenoxy) is 2. The molecule has 1 aliphatic heterocycles. The zero-order valence-electron chi connectivity index (χ0n) is 16.7. The Kier molecular flexibility index (Phi) is 6.51. The number of rotatable bonds is 7. The lowest BCUT2D eigenvalue weighted by Gasteiger charge is -2.15. The Morgan fingerprint density at radius 1 is 1.27 bits per heavy atom.